The number of benzene rings is 9. The van der Waals surface area contributed by atoms with E-state index in [0.29, 0.717) is 39.3 Å². The summed E-state index contributed by atoms with van der Waals surface area (Å²) >= 11 is 0. The van der Waals surface area contributed by atoms with E-state index in [1.54, 1.807) is 24.3 Å². The zero-order valence-electron chi connectivity index (χ0n) is 39.9. The smallest absolute Gasteiger partial charge is 0.126 e. The summed E-state index contributed by atoms with van der Waals surface area (Å²) in [6.45, 7) is 3.84. The Hall–Kier alpha value is -10.9. The van der Waals surface area contributed by atoms with Crippen LogP contribution in [0.15, 0.2) is 188 Å². The van der Waals surface area contributed by atoms with Crippen molar-refractivity contribution in [2.45, 2.75) is 13.8 Å². The highest BCUT2D eigenvalue weighted by molar-refractivity contribution is 6.14. The van der Waals surface area contributed by atoms with Gasteiger partial charge < -0.3 is 9.13 Å². The van der Waals surface area contributed by atoms with Gasteiger partial charge in [0, 0.05) is 32.8 Å². The molecule has 0 saturated heterocycles. The zero-order valence-corrected chi connectivity index (χ0v) is 39.9. The number of hydrogen-bond donors (Lipinski definition) is 0. The quantitative estimate of drug-likeness (QED) is 0.154. The second-order valence-corrected chi connectivity index (χ2v) is 18.3. The normalized spacial score (nSPS) is 11.0. The Morgan fingerprint density at radius 3 is 0.932 bits per heavy atom. The van der Waals surface area contributed by atoms with Crippen molar-refractivity contribution in [3.63, 3.8) is 0 Å². The minimum Gasteiger partial charge on any atom is -0.308 e. The molecular formula is C65H37N9. The molecule has 12 rings (SSSR count). The molecule has 0 amide bonds. The molecule has 0 atom stereocenters. The molecule has 0 N–H and O–H groups in total. The predicted molar refractivity (Wildman–Crippen MR) is 291 cm³/mol. The van der Waals surface area contributed by atoms with Crippen molar-refractivity contribution >= 4 is 43.6 Å². The summed E-state index contributed by atoms with van der Waals surface area (Å²) in [6.07, 6.45) is 0. The van der Waals surface area contributed by atoms with E-state index in [1.165, 1.54) is 0 Å². The zero-order chi connectivity index (χ0) is 50.6. The second-order valence-electron chi connectivity index (χ2n) is 18.3. The van der Waals surface area contributed by atoms with Crippen LogP contribution in [0.25, 0.3) is 111 Å². The van der Waals surface area contributed by atoms with Crippen LogP contribution in [0.5, 0.6) is 0 Å². The van der Waals surface area contributed by atoms with Crippen molar-refractivity contribution in [1.82, 2.24) is 19.1 Å². The van der Waals surface area contributed by atoms with Crippen molar-refractivity contribution in [2.75, 3.05) is 0 Å². The Morgan fingerprint density at radius 2 is 0.635 bits per heavy atom. The van der Waals surface area contributed by atoms with Crippen LogP contribution >= 0.6 is 0 Å². The van der Waals surface area contributed by atoms with E-state index < -0.39 is 0 Å². The van der Waals surface area contributed by atoms with Gasteiger partial charge in [0.2, 0.25) is 0 Å². The second kappa shape index (κ2) is 17.8. The highest BCUT2D eigenvalue weighted by atomic mass is 15.0. The first-order valence-electron chi connectivity index (χ1n) is 23.8. The molecule has 0 radical (unpaired) electrons. The van der Waals surface area contributed by atoms with Gasteiger partial charge in [0.05, 0.1) is 97.3 Å². The Morgan fingerprint density at radius 1 is 0.324 bits per heavy atom. The number of nitrogens with zero attached hydrogens (tertiary/aromatic N) is 9. The fourth-order valence-corrected chi connectivity index (χ4v) is 10.5. The molecule has 3 aromatic heterocycles. The van der Waals surface area contributed by atoms with Gasteiger partial charge in [0.15, 0.2) is 0 Å². The van der Waals surface area contributed by atoms with Crippen LogP contribution in [0, 0.1) is 70.5 Å². The third kappa shape index (κ3) is 7.54. The Kier molecular flexibility index (Phi) is 10.7. The molecule has 9 heteroatoms. The highest BCUT2D eigenvalue weighted by Gasteiger charge is 2.26. The van der Waals surface area contributed by atoms with Crippen LogP contribution in [0.1, 0.15) is 39.3 Å². The molecule has 3 heterocycles. The monoisotopic (exact) mass is 943 g/mol. The molecule has 74 heavy (non-hydrogen) atoms. The van der Waals surface area contributed by atoms with Gasteiger partial charge in [-0.1, -0.05) is 72.8 Å². The lowest BCUT2D eigenvalue weighted by molar-refractivity contribution is 1.01. The van der Waals surface area contributed by atoms with Gasteiger partial charge in [-0.05, 0) is 174 Å². The summed E-state index contributed by atoms with van der Waals surface area (Å²) in [5.74, 6) is 0.590. The topological polar surface area (TPSA) is 155 Å². The SMILES string of the molecule is Cc1cc(-c2c(-n3c4ccc(-c5cccc(C#N)c5)cc4c4cc(-c5cccc(C#N)c5)ccc43)cc(C#N)cc2-n2c3ccc(-c4cccc(C#N)c4)cc3c3cc(-c4cccc(C#N)c4)ccc32)nc(C)n1. The van der Waals surface area contributed by atoms with Crippen LogP contribution in [-0.4, -0.2) is 19.1 Å². The Bertz CT molecular complexity index is 4080. The van der Waals surface area contributed by atoms with Crippen LogP contribution in [0.3, 0.4) is 0 Å². The number of aromatic nitrogens is 4. The van der Waals surface area contributed by atoms with Gasteiger partial charge in [0.1, 0.15) is 5.82 Å². The molecule has 9 aromatic carbocycles. The summed E-state index contributed by atoms with van der Waals surface area (Å²) in [6, 6.07) is 73.2. The first kappa shape index (κ1) is 44.3. The van der Waals surface area contributed by atoms with Gasteiger partial charge in [-0.25, -0.2) is 9.97 Å². The van der Waals surface area contributed by atoms with Crippen LogP contribution in [0.4, 0.5) is 0 Å². The third-order valence-electron chi connectivity index (χ3n) is 13.8. The van der Waals surface area contributed by atoms with Crippen molar-refractivity contribution in [3.8, 4) is 97.5 Å². The molecule has 0 aliphatic heterocycles. The summed E-state index contributed by atoms with van der Waals surface area (Å²) in [5, 5.41) is 54.3. The lowest BCUT2D eigenvalue weighted by Gasteiger charge is -2.21. The fraction of sp³-hybridized carbons (Fsp3) is 0.0308. The first-order valence-corrected chi connectivity index (χ1v) is 23.8. The maximum atomic E-state index is 11.1. The van der Waals surface area contributed by atoms with E-state index in [-0.39, 0.29) is 0 Å². The van der Waals surface area contributed by atoms with E-state index in [2.05, 4.69) is 112 Å². The van der Waals surface area contributed by atoms with E-state index in [0.717, 1.165) is 111 Å². The van der Waals surface area contributed by atoms with Gasteiger partial charge in [0.25, 0.3) is 0 Å². The summed E-state index contributed by atoms with van der Waals surface area (Å²) in [7, 11) is 0. The average Bonchev–Trinajstić information content (AvgIpc) is 3.96. The molecule has 12 aromatic rings. The van der Waals surface area contributed by atoms with Crippen molar-refractivity contribution in [2.24, 2.45) is 0 Å². The number of rotatable bonds is 7. The number of fused-ring (bicyclic) bond motifs is 6. The standard InChI is InChI=1S/C65H37N9/c1-39-23-58(72-40(2)71-39)65-63(73-59-19-15-50(46-11-3-7-41(24-46)34-66)30-54(59)55-31-51(16-20-60(55)73)47-12-4-8-42(25-47)35-67)28-45(38-70)29-64(65)74-61-21-17-52(48-13-5-9-43(26-48)36-68)32-56(61)57-33-53(18-22-62(57)74)49-14-6-10-44(27-49)37-69/h3-33H,1-2H3. The molecule has 0 unspecified atom stereocenters. The highest BCUT2D eigenvalue weighted by Crippen LogP contribution is 2.45. The summed E-state index contributed by atoms with van der Waals surface area (Å²) in [5.41, 5.74) is 17.2. The average molecular weight is 944 g/mol. The first-order chi connectivity index (χ1) is 36.2. The maximum absolute atomic E-state index is 11.1. The van der Waals surface area contributed by atoms with E-state index in [9.17, 15) is 26.3 Å². The Labute approximate surface area is 425 Å². The van der Waals surface area contributed by atoms with E-state index in [4.69, 9.17) is 9.97 Å². The number of aryl methyl sites for hydroxylation is 2. The minimum atomic E-state index is 0.427. The van der Waals surface area contributed by atoms with Crippen LogP contribution in [-0.2, 0) is 0 Å². The molecule has 9 nitrogen and oxygen atoms in total. The predicted octanol–water partition coefficient (Wildman–Crippen LogP) is 15.0. The van der Waals surface area contributed by atoms with Crippen molar-refractivity contribution in [3.05, 3.63) is 227 Å². The van der Waals surface area contributed by atoms with Crippen LogP contribution < -0.4 is 0 Å². The molecule has 0 bridgehead atoms. The third-order valence-corrected chi connectivity index (χ3v) is 13.8. The molecule has 0 saturated carbocycles. The molecule has 342 valence electrons. The molecule has 0 spiro atoms. The lowest BCUT2D eigenvalue weighted by Crippen LogP contribution is -2.07. The largest absolute Gasteiger partial charge is 0.308 e. The van der Waals surface area contributed by atoms with E-state index in [1.807, 2.05) is 105 Å². The maximum Gasteiger partial charge on any atom is 0.126 e. The van der Waals surface area contributed by atoms with Crippen LogP contribution in [0.2, 0.25) is 0 Å². The molecule has 0 aliphatic carbocycles. The van der Waals surface area contributed by atoms with Gasteiger partial charge in [-0.15, -0.1) is 0 Å². The van der Waals surface area contributed by atoms with Crippen molar-refractivity contribution < 1.29 is 0 Å². The summed E-state index contributed by atoms with van der Waals surface area (Å²) < 4.78 is 4.44. The molecular weight excluding hydrogens is 907 g/mol. The Balaban J connectivity index is 1.20. The number of hydrogen-bond acceptors (Lipinski definition) is 7. The number of nitriles is 5. The molecule has 0 aliphatic rings. The lowest BCUT2D eigenvalue weighted by atomic mass is 9.99. The van der Waals surface area contributed by atoms with Gasteiger partial charge in [-0.3, -0.25) is 0 Å². The van der Waals surface area contributed by atoms with E-state index >= 15 is 0 Å². The molecule has 0 fully saturated rings. The van der Waals surface area contributed by atoms with Gasteiger partial charge in [-0.2, -0.15) is 26.3 Å². The summed E-state index contributed by atoms with van der Waals surface area (Å²) in [4.78, 5) is 9.90. The fourth-order valence-electron chi connectivity index (χ4n) is 10.5. The van der Waals surface area contributed by atoms with Gasteiger partial charge >= 0.3 is 0 Å². The minimum absolute atomic E-state index is 0.427. The van der Waals surface area contributed by atoms with Crippen molar-refractivity contribution in [1.29, 1.82) is 26.3 Å².